The van der Waals surface area contributed by atoms with E-state index in [1.54, 1.807) is 6.07 Å². The normalized spacial score (nSPS) is 25.2. The van der Waals surface area contributed by atoms with E-state index in [4.69, 9.17) is 0 Å². The largest absolute Gasteiger partial charge is 0.396 e. The second-order valence-corrected chi connectivity index (χ2v) is 6.79. The molecule has 2 atom stereocenters. The number of halogens is 1. The monoisotopic (exact) mass is 306 g/mol. The van der Waals surface area contributed by atoms with E-state index in [9.17, 15) is 14.3 Å². The third-order valence-electron chi connectivity index (χ3n) is 5.11. The number of carbonyl (C=O) groups excluding carboxylic acids is 1. The molecule has 120 valence electrons. The Morgan fingerprint density at radius 3 is 2.91 bits per heavy atom. The highest BCUT2D eigenvalue weighted by Crippen LogP contribution is 2.44. The van der Waals surface area contributed by atoms with Crippen molar-refractivity contribution in [3.8, 4) is 0 Å². The number of nitrogens with one attached hydrogen (secondary N) is 2. The molecule has 1 saturated carbocycles. The summed E-state index contributed by atoms with van der Waals surface area (Å²) in [5.74, 6) is 0.0848. The molecule has 1 aromatic rings. The maximum Gasteiger partial charge on any atom is 0.315 e. The van der Waals surface area contributed by atoms with Crippen LogP contribution in [0, 0.1) is 17.2 Å². The van der Waals surface area contributed by atoms with Gasteiger partial charge in [-0.25, -0.2) is 9.18 Å². The third-order valence-corrected chi connectivity index (χ3v) is 5.11. The van der Waals surface area contributed by atoms with Gasteiger partial charge < -0.3 is 15.7 Å². The standard InChI is InChI=1S/C17H23FN2O2/c1-11-5-6-12-13(3-2-4-14(12)18)15(11)20-16(22)19-9-17(10-21)7-8-17/h2-4,11,15,21H,5-10H2,1H3,(H2,19,20,22). The summed E-state index contributed by atoms with van der Waals surface area (Å²) in [6.07, 6.45) is 3.49. The molecule has 0 heterocycles. The molecule has 3 rings (SSSR count). The number of aliphatic hydroxyl groups is 1. The van der Waals surface area contributed by atoms with Crippen molar-refractivity contribution < 1.29 is 14.3 Å². The van der Waals surface area contributed by atoms with Crippen LogP contribution in [0.4, 0.5) is 9.18 Å². The van der Waals surface area contributed by atoms with Gasteiger partial charge in [-0.05, 0) is 48.8 Å². The molecular formula is C17H23FN2O2. The average Bonchev–Trinajstić information content (AvgIpc) is 3.29. The second kappa shape index (κ2) is 5.88. The highest BCUT2D eigenvalue weighted by atomic mass is 19.1. The van der Waals surface area contributed by atoms with E-state index < -0.39 is 0 Å². The van der Waals surface area contributed by atoms with Gasteiger partial charge in [0.2, 0.25) is 0 Å². The second-order valence-electron chi connectivity index (χ2n) is 6.79. The lowest BCUT2D eigenvalue weighted by Gasteiger charge is -2.32. The zero-order valence-electron chi connectivity index (χ0n) is 12.9. The van der Waals surface area contributed by atoms with Crippen molar-refractivity contribution in [2.45, 2.75) is 38.6 Å². The van der Waals surface area contributed by atoms with Gasteiger partial charge in [0.25, 0.3) is 0 Å². The number of aliphatic hydroxyl groups excluding tert-OH is 1. The molecule has 0 bridgehead atoms. The topological polar surface area (TPSA) is 61.4 Å². The minimum atomic E-state index is -0.242. The molecule has 0 aromatic heterocycles. The number of hydrogen-bond donors (Lipinski definition) is 3. The Bertz CT molecular complexity index is 572. The molecule has 1 aromatic carbocycles. The van der Waals surface area contributed by atoms with Gasteiger partial charge in [-0.2, -0.15) is 0 Å². The predicted octanol–water partition coefficient (Wildman–Crippen LogP) is 2.52. The maximum absolute atomic E-state index is 13.9. The Balaban J connectivity index is 1.67. The maximum atomic E-state index is 13.9. The molecule has 5 heteroatoms. The van der Waals surface area contributed by atoms with Gasteiger partial charge in [0.1, 0.15) is 5.82 Å². The summed E-state index contributed by atoms with van der Waals surface area (Å²) in [5, 5.41) is 15.1. The van der Waals surface area contributed by atoms with Gasteiger partial charge in [-0.1, -0.05) is 19.1 Å². The summed E-state index contributed by atoms with van der Waals surface area (Å²) in [5.41, 5.74) is 1.50. The SMILES string of the molecule is CC1CCc2c(F)cccc2C1NC(=O)NCC1(CO)CC1. The fourth-order valence-corrected chi connectivity index (χ4v) is 3.22. The minimum absolute atomic E-state index is 0.112. The Hall–Kier alpha value is -1.62. The third kappa shape index (κ3) is 2.95. The molecule has 0 radical (unpaired) electrons. The van der Waals surface area contributed by atoms with Crippen molar-refractivity contribution in [1.29, 1.82) is 0 Å². The predicted molar refractivity (Wildman–Crippen MR) is 81.9 cm³/mol. The van der Waals surface area contributed by atoms with Crippen molar-refractivity contribution in [2.24, 2.45) is 11.3 Å². The lowest BCUT2D eigenvalue weighted by atomic mass is 9.80. The molecule has 0 spiro atoms. The lowest BCUT2D eigenvalue weighted by molar-refractivity contribution is 0.200. The fraction of sp³-hybridized carbons (Fsp3) is 0.588. The highest BCUT2D eigenvalue weighted by molar-refractivity contribution is 5.74. The van der Waals surface area contributed by atoms with Gasteiger partial charge in [0, 0.05) is 12.0 Å². The number of benzene rings is 1. The van der Waals surface area contributed by atoms with E-state index in [0.29, 0.717) is 6.54 Å². The van der Waals surface area contributed by atoms with Crippen molar-refractivity contribution in [1.82, 2.24) is 10.6 Å². The zero-order valence-corrected chi connectivity index (χ0v) is 12.9. The molecule has 0 saturated heterocycles. The number of fused-ring (bicyclic) bond motifs is 1. The molecule has 22 heavy (non-hydrogen) atoms. The van der Waals surface area contributed by atoms with Gasteiger partial charge in [-0.3, -0.25) is 0 Å². The first-order valence-electron chi connectivity index (χ1n) is 7.97. The molecular weight excluding hydrogens is 283 g/mol. The summed E-state index contributed by atoms with van der Waals surface area (Å²) in [7, 11) is 0. The van der Waals surface area contributed by atoms with Gasteiger partial charge in [0.15, 0.2) is 0 Å². The summed E-state index contributed by atoms with van der Waals surface area (Å²) in [6.45, 7) is 2.68. The Morgan fingerprint density at radius 2 is 2.23 bits per heavy atom. The van der Waals surface area contributed by atoms with Crippen LogP contribution in [0.1, 0.15) is 43.4 Å². The summed E-state index contributed by atoms with van der Waals surface area (Å²) < 4.78 is 13.9. The highest BCUT2D eigenvalue weighted by Gasteiger charge is 2.42. The number of urea groups is 1. The lowest BCUT2D eigenvalue weighted by Crippen LogP contribution is -2.44. The van der Waals surface area contributed by atoms with Crippen molar-refractivity contribution in [2.75, 3.05) is 13.2 Å². The minimum Gasteiger partial charge on any atom is -0.396 e. The quantitative estimate of drug-likeness (QED) is 0.800. The van der Waals surface area contributed by atoms with Crippen LogP contribution in [0.25, 0.3) is 0 Å². The Labute approximate surface area is 130 Å². The van der Waals surface area contributed by atoms with Gasteiger partial charge >= 0.3 is 6.03 Å². The van der Waals surface area contributed by atoms with Crippen LogP contribution < -0.4 is 10.6 Å². The van der Waals surface area contributed by atoms with Crippen molar-refractivity contribution in [3.05, 3.63) is 35.1 Å². The van der Waals surface area contributed by atoms with Crippen LogP contribution in [0.15, 0.2) is 18.2 Å². The van der Waals surface area contributed by atoms with Crippen LogP contribution in [-0.4, -0.2) is 24.3 Å². The van der Waals surface area contributed by atoms with Gasteiger partial charge in [-0.15, -0.1) is 0 Å². The Morgan fingerprint density at radius 1 is 1.45 bits per heavy atom. The van der Waals surface area contributed by atoms with Crippen LogP contribution >= 0.6 is 0 Å². The van der Waals surface area contributed by atoms with Gasteiger partial charge in [0.05, 0.1) is 12.6 Å². The summed E-state index contributed by atoms with van der Waals surface area (Å²) in [6, 6.07) is 4.67. The molecule has 3 N–H and O–H groups in total. The zero-order chi connectivity index (χ0) is 15.7. The van der Waals surface area contributed by atoms with Crippen LogP contribution in [0.3, 0.4) is 0 Å². The average molecular weight is 306 g/mol. The molecule has 2 unspecified atom stereocenters. The Kier molecular flexibility index (Phi) is 4.08. The fourth-order valence-electron chi connectivity index (χ4n) is 3.22. The molecule has 2 aliphatic rings. The van der Waals surface area contributed by atoms with E-state index in [0.717, 1.165) is 36.8 Å². The van der Waals surface area contributed by atoms with Crippen molar-refractivity contribution in [3.63, 3.8) is 0 Å². The first-order chi connectivity index (χ1) is 10.5. The summed E-state index contributed by atoms with van der Waals surface area (Å²) >= 11 is 0. The number of hydrogen-bond acceptors (Lipinski definition) is 2. The van der Waals surface area contributed by atoms with E-state index in [2.05, 4.69) is 17.6 Å². The molecule has 4 nitrogen and oxygen atoms in total. The number of rotatable bonds is 4. The number of carbonyl (C=O) groups is 1. The summed E-state index contributed by atoms with van der Waals surface area (Å²) in [4.78, 5) is 12.1. The molecule has 2 aliphatic carbocycles. The first kappa shape index (κ1) is 15.3. The van der Waals surface area contributed by atoms with Crippen molar-refractivity contribution >= 4 is 6.03 Å². The first-order valence-corrected chi connectivity index (χ1v) is 7.97. The van der Waals surface area contributed by atoms with Crippen LogP contribution in [0.2, 0.25) is 0 Å². The van der Waals surface area contributed by atoms with E-state index >= 15 is 0 Å². The van der Waals surface area contributed by atoms with E-state index in [-0.39, 0.29) is 35.8 Å². The number of amides is 2. The molecule has 1 fully saturated rings. The molecule has 2 amide bonds. The smallest absolute Gasteiger partial charge is 0.315 e. The van der Waals surface area contributed by atoms with E-state index in [1.165, 1.54) is 6.07 Å². The molecule has 0 aliphatic heterocycles. The van der Waals surface area contributed by atoms with Crippen LogP contribution in [0.5, 0.6) is 0 Å². The van der Waals surface area contributed by atoms with Crippen LogP contribution in [-0.2, 0) is 6.42 Å². The van der Waals surface area contributed by atoms with E-state index in [1.807, 2.05) is 6.07 Å².